The first kappa shape index (κ1) is 16.3. The van der Waals surface area contributed by atoms with E-state index in [1.165, 1.54) is 0 Å². The van der Waals surface area contributed by atoms with E-state index in [9.17, 15) is 15.2 Å². The number of aliphatic hydroxyl groups excluding tert-OH is 1. The number of aliphatic hydroxyl groups is 1. The maximum Gasteiger partial charge on any atom is 0.238 e. The molecule has 2 N–H and O–H groups in total. The number of hydrogen-bond donors (Lipinski definition) is 2. The Hall–Kier alpha value is -1.12. The first-order valence-electron chi connectivity index (χ1n) is 8.18. The van der Waals surface area contributed by atoms with Crippen LogP contribution in [-0.2, 0) is 4.79 Å². The zero-order chi connectivity index (χ0) is 15.3. The highest BCUT2D eigenvalue weighted by Gasteiger charge is 2.36. The fourth-order valence-corrected chi connectivity index (χ4v) is 3.52. The molecule has 0 spiro atoms. The standard InChI is InChI=1S/C16H27N3O2/c1-13(19-9-5-6-14(10-19)11-20)15(21)18-16(12-17)7-3-2-4-8-16/h13-14,20H,2-11H2,1H3,(H,18,21). The summed E-state index contributed by atoms with van der Waals surface area (Å²) in [6, 6.07) is 2.11. The molecule has 2 unspecified atom stereocenters. The molecule has 0 aromatic rings. The van der Waals surface area contributed by atoms with E-state index in [-0.39, 0.29) is 24.5 Å². The molecule has 1 heterocycles. The Balaban J connectivity index is 1.94. The summed E-state index contributed by atoms with van der Waals surface area (Å²) in [5.41, 5.74) is -0.657. The van der Waals surface area contributed by atoms with Crippen molar-refractivity contribution < 1.29 is 9.90 Å². The van der Waals surface area contributed by atoms with E-state index in [4.69, 9.17) is 0 Å². The number of nitrogens with zero attached hydrogens (tertiary/aromatic N) is 2. The zero-order valence-electron chi connectivity index (χ0n) is 13.0. The van der Waals surface area contributed by atoms with Gasteiger partial charge in [-0.3, -0.25) is 9.69 Å². The van der Waals surface area contributed by atoms with Crippen LogP contribution in [0.5, 0.6) is 0 Å². The summed E-state index contributed by atoms with van der Waals surface area (Å²) in [7, 11) is 0. The van der Waals surface area contributed by atoms with Crippen LogP contribution in [0, 0.1) is 17.2 Å². The number of likely N-dealkylation sites (tertiary alicyclic amines) is 1. The van der Waals surface area contributed by atoms with Crippen molar-refractivity contribution in [1.29, 1.82) is 5.26 Å². The summed E-state index contributed by atoms with van der Waals surface area (Å²) in [5.74, 6) is 0.227. The Bertz CT molecular complexity index is 399. The van der Waals surface area contributed by atoms with Gasteiger partial charge in [-0.15, -0.1) is 0 Å². The lowest BCUT2D eigenvalue weighted by atomic mass is 9.82. The van der Waals surface area contributed by atoms with Crippen LogP contribution >= 0.6 is 0 Å². The van der Waals surface area contributed by atoms with E-state index < -0.39 is 5.54 Å². The van der Waals surface area contributed by atoms with Gasteiger partial charge in [-0.1, -0.05) is 19.3 Å². The minimum Gasteiger partial charge on any atom is -0.396 e. The lowest BCUT2D eigenvalue weighted by molar-refractivity contribution is -0.128. The van der Waals surface area contributed by atoms with E-state index in [0.29, 0.717) is 0 Å². The molecule has 0 bridgehead atoms. The van der Waals surface area contributed by atoms with Crippen molar-refractivity contribution in [3.05, 3.63) is 0 Å². The quantitative estimate of drug-likeness (QED) is 0.822. The molecule has 0 aromatic heterocycles. The van der Waals surface area contributed by atoms with Gasteiger partial charge < -0.3 is 10.4 Å². The third-order valence-electron chi connectivity index (χ3n) is 5.02. The van der Waals surface area contributed by atoms with E-state index in [1.807, 2.05) is 6.92 Å². The molecule has 2 rings (SSSR count). The monoisotopic (exact) mass is 293 g/mol. The van der Waals surface area contributed by atoms with Gasteiger partial charge in [0.25, 0.3) is 0 Å². The maximum atomic E-state index is 12.5. The molecule has 2 atom stereocenters. The number of hydrogen-bond acceptors (Lipinski definition) is 4. The minimum atomic E-state index is -0.657. The van der Waals surface area contributed by atoms with Gasteiger partial charge in [0.2, 0.25) is 5.91 Å². The average Bonchev–Trinajstić information content (AvgIpc) is 2.55. The molecular weight excluding hydrogens is 266 g/mol. The van der Waals surface area contributed by atoms with E-state index in [1.54, 1.807) is 0 Å². The Morgan fingerprint density at radius 2 is 2.14 bits per heavy atom. The van der Waals surface area contributed by atoms with Gasteiger partial charge in [0, 0.05) is 13.2 Å². The Labute approximate surface area is 127 Å². The van der Waals surface area contributed by atoms with Crippen LogP contribution in [0.2, 0.25) is 0 Å². The van der Waals surface area contributed by atoms with Crippen LogP contribution in [0.1, 0.15) is 51.9 Å². The molecular formula is C16H27N3O2. The highest BCUT2D eigenvalue weighted by atomic mass is 16.3. The number of carbonyl (C=O) groups is 1. The summed E-state index contributed by atoms with van der Waals surface area (Å²) < 4.78 is 0. The molecule has 118 valence electrons. The first-order chi connectivity index (χ1) is 10.1. The third kappa shape index (κ3) is 3.96. The topological polar surface area (TPSA) is 76.4 Å². The molecule has 1 aliphatic carbocycles. The predicted octanol–water partition coefficient (Wildman–Crippen LogP) is 1.42. The third-order valence-corrected chi connectivity index (χ3v) is 5.02. The molecule has 5 nitrogen and oxygen atoms in total. The molecule has 0 aromatic carbocycles. The van der Waals surface area contributed by atoms with Crippen LogP contribution in [0.3, 0.4) is 0 Å². The van der Waals surface area contributed by atoms with Crippen LogP contribution in [0.15, 0.2) is 0 Å². The SMILES string of the molecule is CC(C(=O)NC1(C#N)CCCCC1)N1CCCC(CO)C1. The van der Waals surface area contributed by atoms with Gasteiger partial charge in [-0.05, 0) is 45.1 Å². The smallest absolute Gasteiger partial charge is 0.238 e. The van der Waals surface area contributed by atoms with Gasteiger partial charge in [0.15, 0.2) is 0 Å². The normalized spacial score (nSPS) is 27.6. The molecule has 1 saturated heterocycles. The Morgan fingerprint density at radius 1 is 1.43 bits per heavy atom. The molecule has 0 radical (unpaired) electrons. The number of rotatable bonds is 4. The summed E-state index contributed by atoms with van der Waals surface area (Å²) in [5, 5.41) is 21.8. The number of carbonyl (C=O) groups excluding carboxylic acids is 1. The molecule has 1 amide bonds. The number of amides is 1. The first-order valence-corrected chi connectivity index (χ1v) is 8.18. The van der Waals surface area contributed by atoms with Crippen LogP contribution in [0.4, 0.5) is 0 Å². The maximum absolute atomic E-state index is 12.5. The van der Waals surface area contributed by atoms with Crippen molar-refractivity contribution in [2.24, 2.45) is 5.92 Å². The number of nitrogens with one attached hydrogen (secondary N) is 1. The van der Waals surface area contributed by atoms with Gasteiger partial charge in [-0.25, -0.2) is 0 Å². The highest BCUT2D eigenvalue weighted by molar-refractivity contribution is 5.82. The van der Waals surface area contributed by atoms with Crippen LogP contribution < -0.4 is 5.32 Å². The Morgan fingerprint density at radius 3 is 2.76 bits per heavy atom. The second-order valence-electron chi connectivity index (χ2n) is 6.61. The van der Waals surface area contributed by atoms with Crippen molar-refractivity contribution in [2.45, 2.75) is 63.5 Å². The van der Waals surface area contributed by atoms with Crippen molar-refractivity contribution in [3.8, 4) is 6.07 Å². The second kappa shape index (κ2) is 7.24. The fourth-order valence-electron chi connectivity index (χ4n) is 3.52. The molecule has 1 saturated carbocycles. The molecule has 21 heavy (non-hydrogen) atoms. The number of nitriles is 1. The second-order valence-corrected chi connectivity index (χ2v) is 6.61. The summed E-state index contributed by atoms with van der Waals surface area (Å²) in [6.45, 7) is 3.76. The van der Waals surface area contributed by atoms with Crippen molar-refractivity contribution in [2.75, 3.05) is 19.7 Å². The molecule has 2 fully saturated rings. The van der Waals surface area contributed by atoms with Gasteiger partial charge in [0.05, 0.1) is 12.1 Å². The molecule has 5 heteroatoms. The summed E-state index contributed by atoms with van der Waals surface area (Å²) in [4.78, 5) is 14.6. The van der Waals surface area contributed by atoms with E-state index >= 15 is 0 Å². The average molecular weight is 293 g/mol. The van der Waals surface area contributed by atoms with Gasteiger partial charge in [0.1, 0.15) is 5.54 Å². The van der Waals surface area contributed by atoms with E-state index in [2.05, 4.69) is 16.3 Å². The van der Waals surface area contributed by atoms with E-state index in [0.717, 1.165) is 58.0 Å². The minimum absolute atomic E-state index is 0.0444. The lowest BCUT2D eigenvalue weighted by Gasteiger charge is -2.38. The van der Waals surface area contributed by atoms with Gasteiger partial charge in [-0.2, -0.15) is 5.26 Å². The summed E-state index contributed by atoms with van der Waals surface area (Å²) >= 11 is 0. The lowest BCUT2D eigenvalue weighted by Crippen LogP contribution is -2.56. The van der Waals surface area contributed by atoms with Crippen molar-refractivity contribution in [3.63, 3.8) is 0 Å². The highest BCUT2D eigenvalue weighted by Crippen LogP contribution is 2.28. The number of piperidine rings is 1. The molecule has 1 aliphatic heterocycles. The molecule has 2 aliphatic rings. The van der Waals surface area contributed by atoms with Crippen LogP contribution in [0.25, 0.3) is 0 Å². The predicted molar refractivity (Wildman–Crippen MR) is 80.4 cm³/mol. The summed E-state index contributed by atoms with van der Waals surface area (Å²) in [6.07, 6.45) is 6.76. The zero-order valence-corrected chi connectivity index (χ0v) is 13.0. The fraction of sp³-hybridized carbons (Fsp3) is 0.875. The van der Waals surface area contributed by atoms with Crippen molar-refractivity contribution in [1.82, 2.24) is 10.2 Å². The van der Waals surface area contributed by atoms with Crippen LogP contribution in [-0.4, -0.2) is 47.2 Å². The largest absolute Gasteiger partial charge is 0.396 e. The van der Waals surface area contributed by atoms with Gasteiger partial charge >= 0.3 is 0 Å². The van der Waals surface area contributed by atoms with Crippen molar-refractivity contribution >= 4 is 5.91 Å². The Kier molecular flexibility index (Phi) is 5.60.